The molecule has 2 aliphatic rings. The standard InChI is InChI=1S/C25H31N4O3.2CH4/c30-19-20-8-6-7-11-24(20)28-16-14-27(15-17-28)22-12-13-25(29(31)32)23(18-22)26-21-9-4-2-1-3-5-10-21;;/h6-9,11-13,18-19,21,26H,1-5,10,14-17H2;2*1H4. The monoisotopic (exact) mass is 467 g/mol. The average Bonchev–Trinajstić information content (AvgIpc) is 2.80. The molecule has 34 heavy (non-hydrogen) atoms. The molecule has 1 atom stereocenters. The van der Waals surface area contributed by atoms with E-state index in [1.807, 2.05) is 36.4 Å². The normalized spacial score (nSPS) is 16.9. The van der Waals surface area contributed by atoms with Gasteiger partial charge in [-0.2, -0.15) is 0 Å². The first-order valence-corrected chi connectivity index (χ1v) is 11.6. The van der Waals surface area contributed by atoms with Crippen molar-refractivity contribution in [1.29, 1.82) is 0 Å². The largest absolute Gasteiger partial charge is 0.376 e. The van der Waals surface area contributed by atoms with Crippen LogP contribution in [0.25, 0.3) is 0 Å². The molecule has 1 heterocycles. The minimum atomic E-state index is -0.302. The maximum atomic E-state index is 11.6. The molecule has 1 aliphatic heterocycles. The summed E-state index contributed by atoms with van der Waals surface area (Å²) in [6, 6.07) is 13.2. The Morgan fingerprint density at radius 1 is 0.941 bits per heavy atom. The number of hydrogen-bond donors (Lipinski definition) is 1. The molecule has 0 amide bonds. The summed E-state index contributed by atoms with van der Waals surface area (Å²) >= 11 is 0. The van der Waals surface area contributed by atoms with Crippen molar-refractivity contribution in [1.82, 2.24) is 0 Å². The van der Waals surface area contributed by atoms with Crippen molar-refractivity contribution in [2.45, 2.75) is 59.4 Å². The van der Waals surface area contributed by atoms with Crippen molar-refractivity contribution in [2.24, 2.45) is 0 Å². The SMILES string of the molecule is C.C.O=Cc1ccccc1N1CCN(c2ccc([N+](=O)[O-])c(NC3[CH]CCCCCC3)c2)CC1. The summed E-state index contributed by atoms with van der Waals surface area (Å²) in [7, 11) is 0. The molecule has 1 aliphatic carbocycles. The van der Waals surface area contributed by atoms with Gasteiger partial charge in [0.1, 0.15) is 5.69 Å². The van der Waals surface area contributed by atoms with Crippen LogP contribution >= 0.6 is 0 Å². The summed E-state index contributed by atoms with van der Waals surface area (Å²) in [6.45, 7) is 3.17. The molecular weight excluding hydrogens is 428 g/mol. The van der Waals surface area contributed by atoms with Crippen molar-refractivity contribution >= 4 is 29.0 Å². The van der Waals surface area contributed by atoms with Gasteiger partial charge in [-0.25, -0.2) is 0 Å². The minimum Gasteiger partial charge on any atom is -0.376 e. The zero-order valence-electron chi connectivity index (χ0n) is 18.4. The fraction of sp³-hybridized carbons (Fsp3) is 0.481. The molecule has 2 aromatic carbocycles. The Morgan fingerprint density at radius 3 is 2.38 bits per heavy atom. The molecule has 7 nitrogen and oxygen atoms in total. The third-order valence-electron chi connectivity index (χ3n) is 6.49. The quantitative estimate of drug-likeness (QED) is 0.303. The van der Waals surface area contributed by atoms with Crippen LogP contribution in [-0.4, -0.2) is 43.4 Å². The topological polar surface area (TPSA) is 78.7 Å². The molecule has 185 valence electrons. The van der Waals surface area contributed by atoms with Gasteiger partial charge in [-0.05, 0) is 43.5 Å². The van der Waals surface area contributed by atoms with Crippen molar-refractivity contribution < 1.29 is 9.72 Å². The third kappa shape index (κ3) is 6.49. The number of nitrogens with one attached hydrogen (secondary N) is 1. The van der Waals surface area contributed by atoms with E-state index in [1.165, 1.54) is 19.3 Å². The van der Waals surface area contributed by atoms with Crippen molar-refractivity contribution in [2.75, 3.05) is 41.3 Å². The van der Waals surface area contributed by atoms with E-state index in [0.29, 0.717) is 11.3 Å². The number of piperazine rings is 1. The van der Waals surface area contributed by atoms with Gasteiger partial charge in [-0.1, -0.05) is 52.7 Å². The van der Waals surface area contributed by atoms with Crippen LogP contribution in [0, 0.1) is 16.5 Å². The van der Waals surface area contributed by atoms with Crippen LogP contribution in [0.4, 0.5) is 22.7 Å². The second kappa shape index (κ2) is 13.0. The Labute approximate surface area is 204 Å². The maximum absolute atomic E-state index is 11.6. The number of rotatable bonds is 6. The number of benzene rings is 2. The highest BCUT2D eigenvalue weighted by Gasteiger charge is 2.23. The van der Waals surface area contributed by atoms with E-state index in [0.717, 1.165) is 63.1 Å². The number of carbonyl (C=O) groups excluding carboxylic acids is 1. The summed E-state index contributed by atoms with van der Waals surface area (Å²) in [5, 5.41) is 15.1. The van der Waals surface area contributed by atoms with Crippen LogP contribution in [0.3, 0.4) is 0 Å². The molecule has 0 aromatic heterocycles. The highest BCUT2D eigenvalue weighted by Crippen LogP contribution is 2.32. The van der Waals surface area contributed by atoms with Gasteiger partial charge in [-0.3, -0.25) is 14.9 Å². The number of aldehydes is 1. The number of nitrogens with zero attached hydrogens (tertiary/aromatic N) is 3. The van der Waals surface area contributed by atoms with Gasteiger partial charge in [0.2, 0.25) is 0 Å². The summed E-state index contributed by atoms with van der Waals surface area (Å²) in [5.41, 5.74) is 3.39. The first kappa shape index (κ1) is 27.2. The first-order valence-electron chi connectivity index (χ1n) is 11.6. The van der Waals surface area contributed by atoms with Gasteiger partial charge in [0.05, 0.1) is 4.92 Å². The van der Waals surface area contributed by atoms with Crippen molar-refractivity contribution in [3.63, 3.8) is 0 Å². The first-order chi connectivity index (χ1) is 15.7. The van der Waals surface area contributed by atoms with Crippen LogP contribution in [-0.2, 0) is 0 Å². The number of hydrogen-bond acceptors (Lipinski definition) is 6. The highest BCUT2D eigenvalue weighted by molar-refractivity contribution is 5.84. The molecule has 0 bridgehead atoms. The summed E-state index contributed by atoms with van der Waals surface area (Å²) in [4.78, 5) is 27.2. The predicted molar refractivity (Wildman–Crippen MR) is 142 cm³/mol. The lowest BCUT2D eigenvalue weighted by Crippen LogP contribution is -2.46. The van der Waals surface area contributed by atoms with Gasteiger partial charge in [0.25, 0.3) is 5.69 Å². The second-order valence-corrected chi connectivity index (χ2v) is 8.59. The smallest absolute Gasteiger partial charge is 0.292 e. The Hall–Kier alpha value is -3.09. The fourth-order valence-corrected chi connectivity index (χ4v) is 4.71. The average molecular weight is 468 g/mol. The zero-order valence-corrected chi connectivity index (χ0v) is 18.4. The third-order valence-corrected chi connectivity index (χ3v) is 6.49. The van der Waals surface area contributed by atoms with Crippen LogP contribution in [0.5, 0.6) is 0 Å². The second-order valence-electron chi connectivity index (χ2n) is 8.59. The zero-order chi connectivity index (χ0) is 22.3. The molecule has 1 radical (unpaired) electrons. The predicted octanol–water partition coefficient (Wildman–Crippen LogP) is 6.35. The van der Waals surface area contributed by atoms with E-state index in [1.54, 1.807) is 6.07 Å². The number of para-hydroxylation sites is 1. The van der Waals surface area contributed by atoms with Crippen molar-refractivity contribution in [3.05, 3.63) is 64.6 Å². The molecule has 4 rings (SSSR count). The van der Waals surface area contributed by atoms with Gasteiger partial charge in [0, 0.05) is 55.2 Å². The van der Waals surface area contributed by atoms with Gasteiger partial charge < -0.3 is 15.1 Å². The maximum Gasteiger partial charge on any atom is 0.292 e. The molecule has 1 saturated heterocycles. The molecule has 1 saturated carbocycles. The summed E-state index contributed by atoms with van der Waals surface area (Å²) in [5.74, 6) is 0. The molecule has 2 fully saturated rings. The number of nitro benzene ring substituents is 1. The van der Waals surface area contributed by atoms with E-state index in [-0.39, 0.29) is 31.5 Å². The molecule has 7 heteroatoms. The van der Waals surface area contributed by atoms with Crippen LogP contribution in [0.15, 0.2) is 42.5 Å². The minimum absolute atomic E-state index is 0. The summed E-state index contributed by atoms with van der Waals surface area (Å²) in [6.07, 6.45) is 10.1. The van der Waals surface area contributed by atoms with Gasteiger partial charge in [-0.15, -0.1) is 0 Å². The van der Waals surface area contributed by atoms with Crippen LogP contribution in [0.1, 0.15) is 63.7 Å². The Kier molecular flexibility index (Phi) is 10.4. The fourth-order valence-electron chi connectivity index (χ4n) is 4.71. The van der Waals surface area contributed by atoms with E-state index in [2.05, 4.69) is 21.5 Å². The summed E-state index contributed by atoms with van der Waals surface area (Å²) < 4.78 is 0. The number of anilines is 3. The van der Waals surface area contributed by atoms with Crippen LogP contribution < -0.4 is 15.1 Å². The van der Waals surface area contributed by atoms with Gasteiger partial charge in [0.15, 0.2) is 6.29 Å². The highest BCUT2D eigenvalue weighted by atomic mass is 16.6. The Balaban J connectivity index is 0.00000204. The van der Waals surface area contributed by atoms with Gasteiger partial charge >= 0.3 is 0 Å². The molecular formula is C27H39N4O3. The Morgan fingerprint density at radius 2 is 1.65 bits per heavy atom. The molecule has 1 unspecified atom stereocenters. The van der Waals surface area contributed by atoms with E-state index >= 15 is 0 Å². The lowest BCUT2D eigenvalue weighted by Gasteiger charge is -2.38. The number of nitro groups is 1. The van der Waals surface area contributed by atoms with E-state index < -0.39 is 0 Å². The van der Waals surface area contributed by atoms with E-state index in [9.17, 15) is 14.9 Å². The molecule has 1 N–H and O–H groups in total. The molecule has 2 aromatic rings. The van der Waals surface area contributed by atoms with E-state index in [4.69, 9.17) is 0 Å². The molecule has 0 spiro atoms. The van der Waals surface area contributed by atoms with Crippen molar-refractivity contribution in [3.8, 4) is 0 Å². The lowest BCUT2D eigenvalue weighted by atomic mass is 9.96. The lowest BCUT2D eigenvalue weighted by molar-refractivity contribution is -0.384. The Bertz CT molecular complexity index is 933. The van der Waals surface area contributed by atoms with Crippen LogP contribution in [0.2, 0.25) is 0 Å². The number of carbonyl (C=O) groups is 1.